The van der Waals surface area contributed by atoms with Crippen molar-refractivity contribution in [3.05, 3.63) is 51.2 Å². The zero-order valence-electron chi connectivity index (χ0n) is 13.6. The van der Waals surface area contributed by atoms with Crippen molar-refractivity contribution in [3.8, 4) is 0 Å². The number of ether oxygens (including phenoxy) is 1. The minimum atomic E-state index is -0.699. The first-order valence-corrected chi connectivity index (χ1v) is 8.58. The zero-order valence-corrected chi connectivity index (χ0v) is 14.4. The smallest absolute Gasteiger partial charge is 0.338 e. The number of esters is 1. The number of nitro benzene ring substituents is 1. The molecule has 9 heteroatoms. The number of nitrogens with zero attached hydrogens (tertiary/aromatic N) is 3. The van der Waals surface area contributed by atoms with Crippen LogP contribution in [0.2, 0.25) is 0 Å². The number of benzene rings is 1. The number of amides is 1. The van der Waals surface area contributed by atoms with Crippen LogP contribution in [-0.2, 0) is 14.3 Å². The average molecular weight is 361 g/mol. The Morgan fingerprint density at radius 3 is 2.72 bits per heavy atom. The summed E-state index contributed by atoms with van der Waals surface area (Å²) >= 11 is 1.30. The lowest BCUT2D eigenvalue weighted by Crippen LogP contribution is -2.39. The molecule has 1 atom stereocenters. The maximum atomic E-state index is 12.5. The highest BCUT2D eigenvalue weighted by Gasteiger charge is 2.43. The van der Waals surface area contributed by atoms with Gasteiger partial charge in [0.2, 0.25) is 5.91 Å². The van der Waals surface area contributed by atoms with Gasteiger partial charge in [-0.3, -0.25) is 19.8 Å². The van der Waals surface area contributed by atoms with Crippen molar-refractivity contribution in [2.75, 3.05) is 12.4 Å². The largest absolute Gasteiger partial charge is 0.463 e. The van der Waals surface area contributed by atoms with Crippen LogP contribution in [0.5, 0.6) is 0 Å². The Balaban J connectivity index is 2.10. The molecule has 1 fully saturated rings. The van der Waals surface area contributed by atoms with Gasteiger partial charge in [-0.1, -0.05) is 11.8 Å². The van der Waals surface area contributed by atoms with Crippen LogP contribution in [-0.4, -0.2) is 39.2 Å². The van der Waals surface area contributed by atoms with E-state index >= 15 is 0 Å². The Kier molecular flexibility index (Phi) is 4.58. The van der Waals surface area contributed by atoms with Crippen LogP contribution in [0.4, 0.5) is 5.69 Å². The van der Waals surface area contributed by atoms with Crippen LogP contribution in [0.3, 0.4) is 0 Å². The Morgan fingerprint density at radius 2 is 2.12 bits per heavy atom. The number of fused-ring (bicyclic) bond motifs is 1. The van der Waals surface area contributed by atoms with E-state index in [0.29, 0.717) is 16.4 Å². The molecule has 1 amide bonds. The van der Waals surface area contributed by atoms with Gasteiger partial charge < -0.3 is 4.74 Å². The van der Waals surface area contributed by atoms with Crippen LogP contribution in [0, 0.1) is 10.1 Å². The SMILES string of the molecule is CCOC(=O)C1=C(C)N=C2SCC(=O)N2[C@@H]1c1ccc([N+](=O)[O-])cc1. The van der Waals surface area contributed by atoms with Gasteiger partial charge in [-0.05, 0) is 31.5 Å². The van der Waals surface area contributed by atoms with Gasteiger partial charge in [-0.15, -0.1) is 0 Å². The summed E-state index contributed by atoms with van der Waals surface area (Å²) in [6.45, 7) is 3.59. The van der Waals surface area contributed by atoms with Gasteiger partial charge in [0, 0.05) is 12.1 Å². The molecule has 1 aromatic carbocycles. The van der Waals surface area contributed by atoms with E-state index in [1.807, 2.05) is 0 Å². The number of non-ortho nitro benzene ring substituents is 1. The number of carbonyl (C=O) groups excluding carboxylic acids is 2. The van der Waals surface area contributed by atoms with E-state index < -0.39 is 16.9 Å². The molecule has 0 bridgehead atoms. The van der Waals surface area contributed by atoms with Crippen LogP contribution >= 0.6 is 11.8 Å². The monoisotopic (exact) mass is 361 g/mol. The Labute approximate surface area is 147 Å². The topological polar surface area (TPSA) is 102 Å². The summed E-state index contributed by atoms with van der Waals surface area (Å²) in [6.07, 6.45) is 0. The highest BCUT2D eigenvalue weighted by molar-refractivity contribution is 8.15. The number of hydrogen-bond acceptors (Lipinski definition) is 7. The van der Waals surface area contributed by atoms with E-state index in [-0.39, 0.29) is 29.5 Å². The van der Waals surface area contributed by atoms with Gasteiger partial charge in [-0.2, -0.15) is 0 Å². The molecule has 0 unspecified atom stereocenters. The van der Waals surface area contributed by atoms with Crippen molar-refractivity contribution in [2.24, 2.45) is 4.99 Å². The molecule has 0 aliphatic carbocycles. The molecule has 0 spiro atoms. The van der Waals surface area contributed by atoms with Crippen molar-refractivity contribution in [2.45, 2.75) is 19.9 Å². The molecule has 0 N–H and O–H groups in total. The maximum Gasteiger partial charge on any atom is 0.338 e. The lowest BCUT2D eigenvalue weighted by molar-refractivity contribution is -0.384. The third-order valence-electron chi connectivity index (χ3n) is 3.90. The fraction of sp³-hybridized carbons (Fsp3) is 0.312. The molecule has 130 valence electrons. The van der Waals surface area contributed by atoms with Gasteiger partial charge in [-0.25, -0.2) is 9.79 Å². The third kappa shape index (κ3) is 3.02. The molecule has 2 aliphatic rings. The molecule has 1 saturated heterocycles. The molecule has 2 aliphatic heterocycles. The van der Waals surface area contributed by atoms with Crippen molar-refractivity contribution in [1.29, 1.82) is 0 Å². The molecule has 25 heavy (non-hydrogen) atoms. The van der Waals surface area contributed by atoms with Crippen molar-refractivity contribution in [3.63, 3.8) is 0 Å². The van der Waals surface area contributed by atoms with Crippen molar-refractivity contribution < 1.29 is 19.2 Å². The predicted octanol–water partition coefficient (Wildman–Crippen LogP) is 2.42. The van der Waals surface area contributed by atoms with Crippen LogP contribution in [0.15, 0.2) is 40.5 Å². The Bertz CT molecular complexity index is 816. The number of allylic oxidation sites excluding steroid dienone is 1. The first-order valence-electron chi connectivity index (χ1n) is 7.59. The van der Waals surface area contributed by atoms with E-state index in [1.165, 1.54) is 28.8 Å². The second-order valence-corrected chi connectivity index (χ2v) is 6.36. The van der Waals surface area contributed by atoms with Gasteiger partial charge in [0.15, 0.2) is 5.17 Å². The van der Waals surface area contributed by atoms with E-state index in [1.54, 1.807) is 26.0 Å². The van der Waals surface area contributed by atoms with Crippen molar-refractivity contribution in [1.82, 2.24) is 4.90 Å². The van der Waals surface area contributed by atoms with Gasteiger partial charge >= 0.3 is 5.97 Å². The highest BCUT2D eigenvalue weighted by atomic mass is 32.2. The standard InChI is InChI=1S/C16H15N3O5S/c1-3-24-15(21)13-9(2)17-16-18(12(20)8-25-16)14(13)10-4-6-11(7-5-10)19(22)23/h4-7,14H,3,8H2,1-2H3/t14-/m1/s1. The minimum absolute atomic E-state index is 0.0611. The number of nitro groups is 1. The molecule has 3 rings (SSSR count). The third-order valence-corrected chi connectivity index (χ3v) is 4.84. The fourth-order valence-electron chi connectivity index (χ4n) is 2.81. The summed E-state index contributed by atoms with van der Waals surface area (Å²) in [5, 5.41) is 11.4. The number of thioether (sulfide) groups is 1. The molecular weight excluding hydrogens is 346 g/mol. The molecule has 8 nitrogen and oxygen atoms in total. The second-order valence-electron chi connectivity index (χ2n) is 5.42. The summed E-state index contributed by atoms with van der Waals surface area (Å²) in [6, 6.07) is 5.11. The summed E-state index contributed by atoms with van der Waals surface area (Å²) in [5.74, 6) is -0.469. The highest BCUT2D eigenvalue weighted by Crippen LogP contribution is 2.41. The van der Waals surface area contributed by atoms with E-state index in [2.05, 4.69) is 4.99 Å². The summed E-state index contributed by atoms with van der Waals surface area (Å²) in [7, 11) is 0. The first-order chi connectivity index (χ1) is 11.9. The lowest BCUT2D eigenvalue weighted by Gasteiger charge is -2.32. The summed E-state index contributed by atoms with van der Waals surface area (Å²) < 4.78 is 5.13. The first kappa shape index (κ1) is 17.2. The number of hydrogen-bond donors (Lipinski definition) is 0. The van der Waals surface area contributed by atoms with Gasteiger partial charge in [0.05, 0.1) is 34.6 Å². The van der Waals surface area contributed by atoms with Crippen LogP contribution in [0.25, 0.3) is 0 Å². The molecule has 1 aromatic rings. The van der Waals surface area contributed by atoms with E-state index in [4.69, 9.17) is 4.74 Å². The van der Waals surface area contributed by atoms with Crippen LogP contribution in [0.1, 0.15) is 25.5 Å². The summed E-state index contributed by atoms with van der Waals surface area (Å²) in [4.78, 5) is 41.0. The number of carbonyl (C=O) groups is 2. The second kappa shape index (κ2) is 6.67. The maximum absolute atomic E-state index is 12.5. The molecule has 0 radical (unpaired) electrons. The summed E-state index contributed by atoms with van der Waals surface area (Å²) in [5.41, 5.74) is 1.29. The average Bonchev–Trinajstić information content (AvgIpc) is 2.94. The molecule has 0 aromatic heterocycles. The van der Waals surface area contributed by atoms with E-state index in [9.17, 15) is 19.7 Å². The van der Waals surface area contributed by atoms with E-state index in [0.717, 1.165) is 0 Å². The molecule has 2 heterocycles. The zero-order chi connectivity index (χ0) is 18.1. The van der Waals surface area contributed by atoms with Crippen molar-refractivity contribution >= 4 is 34.5 Å². The lowest BCUT2D eigenvalue weighted by atomic mass is 9.94. The van der Waals surface area contributed by atoms with Gasteiger partial charge in [0.25, 0.3) is 5.69 Å². The number of rotatable bonds is 4. The fourth-order valence-corrected chi connectivity index (χ4v) is 3.74. The molecular formula is C16H15N3O5S. The normalized spacial score (nSPS) is 19.6. The Morgan fingerprint density at radius 1 is 1.44 bits per heavy atom. The predicted molar refractivity (Wildman–Crippen MR) is 91.9 cm³/mol. The Hall–Kier alpha value is -2.68. The minimum Gasteiger partial charge on any atom is -0.463 e. The van der Waals surface area contributed by atoms with Crippen LogP contribution < -0.4 is 0 Å². The van der Waals surface area contributed by atoms with Gasteiger partial charge in [0.1, 0.15) is 0 Å². The molecule has 0 saturated carbocycles. The number of aliphatic imine (C=N–C) groups is 1. The quantitative estimate of drug-likeness (QED) is 0.464. The number of amidine groups is 1.